The molecule has 3 rings (SSSR count). The molecular weight excluding hydrogens is 497 g/mol. The Balaban J connectivity index is 1.74. The van der Waals surface area contributed by atoms with Crippen molar-refractivity contribution in [1.82, 2.24) is 5.32 Å². The molecule has 0 unspecified atom stereocenters. The van der Waals surface area contributed by atoms with Gasteiger partial charge in [-0.05, 0) is 85.3 Å². The van der Waals surface area contributed by atoms with Gasteiger partial charge in [-0.15, -0.1) is 0 Å². The van der Waals surface area contributed by atoms with Gasteiger partial charge in [0.15, 0.2) is 11.6 Å². The topological polar surface area (TPSA) is 47.6 Å². The molecule has 0 heterocycles. The molecule has 180 valence electrons. The minimum atomic E-state index is -0.541. The van der Waals surface area contributed by atoms with Crippen LogP contribution >= 0.6 is 15.9 Å². The van der Waals surface area contributed by atoms with E-state index in [2.05, 4.69) is 28.2 Å². The highest BCUT2D eigenvalue weighted by atomic mass is 79.9. The number of carbonyl (C=O) groups is 1. The lowest BCUT2D eigenvalue weighted by atomic mass is 10.0. The number of rotatable bonds is 8. The molecule has 0 aromatic heterocycles. The van der Waals surface area contributed by atoms with E-state index in [9.17, 15) is 9.18 Å². The van der Waals surface area contributed by atoms with E-state index in [-0.39, 0.29) is 12.4 Å². The van der Waals surface area contributed by atoms with Crippen molar-refractivity contribution in [3.8, 4) is 16.9 Å². The Kier molecular flexibility index (Phi) is 8.72. The van der Waals surface area contributed by atoms with Crippen LogP contribution in [-0.2, 0) is 24.3 Å². The number of ether oxygens (including phenoxy) is 2. The Labute approximate surface area is 209 Å². The van der Waals surface area contributed by atoms with Gasteiger partial charge in [0.2, 0.25) is 0 Å². The van der Waals surface area contributed by atoms with Crippen LogP contribution in [0.15, 0.2) is 65.1 Å². The van der Waals surface area contributed by atoms with Gasteiger partial charge in [-0.1, -0.05) is 59.6 Å². The van der Waals surface area contributed by atoms with E-state index in [1.165, 1.54) is 6.07 Å². The van der Waals surface area contributed by atoms with Crippen molar-refractivity contribution in [3.63, 3.8) is 0 Å². The molecule has 3 aromatic carbocycles. The third kappa shape index (κ3) is 7.59. The Bertz CT molecular complexity index is 1140. The number of carbonyl (C=O) groups excluding carboxylic acids is 1. The van der Waals surface area contributed by atoms with Crippen LogP contribution in [0.1, 0.15) is 50.8 Å². The number of aryl methyl sites for hydroxylation is 1. The number of hydrogen-bond acceptors (Lipinski definition) is 3. The second-order valence-electron chi connectivity index (χ2n) is 9.17. The summed E-state index contributed by atoms with van der Waals surface area (Å²) >= 11 is 3.58. The van der Waals surface area contributed by atoms with Crippen LogP contribution in [0.3, 0.4) is 0 Å². The molecule has 0 radical (unpaired) electrons. The molecule has 6 heteroatoms. The predicted molar refractivity (Wildman–Crippen MR) is 137 cm³/mol. The van der Waals surface area contributed by atoms with Crippen LogP contribution in [0, 0.1) is 5.82 Å². The average molecular weight is 528 g/mol. The van der Waals surface area contributed by atoms with Crippen LogP contribution in [0.25, 0.3) is 11.1 Å². The lowest BCUT2D eigenvalue weighted by Crippen LogP contribution is -2.32. The van der Waals surface area contributed by atoms with Gasteiger partial charge in [-0.3, -0.25) is 0 Å². The maximum absolute atomic E-state index is 14.4. The number of hydrogen-bond donors (Lipinski definition) is 1. The summed E-state index contributed by atoms with van der Waals surface area (Å²) in [7, 11) is 0. The molecule has 0 atom stereocenters. The van der Waals surface area contributed by atoms with E-state index in [4.69, 9.17) is 9.47 Å². The molecule has 34 heavy (non-hydrogen) atoms. The summed E-state index contributed by atoms with van der Waals surface area (Å²) in [4.78, 5) is 12.0. The minimum absolute atomic E-state index is 0.254. The number of alkyl carbamates (subject to hydrolysis) is 1. The Hall–Kier alpha value is -2.86. The van der Waals surface area contributed by atoms with Gasteiger partial charge in [0.05, 0.1) is 0 Å². The van der Waals surface area contributed by atoms with Crippen molar-refractivity contribution in [3.05, 3.63) is 87.6 Å². The molecule has 0 aliphatic rings. The largest absolute Gasteiger partial charge is 0.486 e. The van der Waals surface area contributed by atoms with Crippen molar-refractivity contribution >= 4 is 22.0 Å². The van der Waals surface area contributed by atoms with E-state index >= 15 is 0 Å². The molecule has 4 nitrogen and oxygen atoms in total. The highest BCUT2D eigenvalue weighted by Crippen LogP contribution is 2.29. The summed E-state index contributed by atoms with van der Waals surface area (Å²) in [6, 6.07) is 19.0. The molecule has 0 spiro atoms. The van der Waals surface area contributed by atoms with Gasteiger partial charge in [-0.2, -0.15) is 0 Å². The number of nitrogens with one attached hydrogen (secondary N) is 1. The first-order valence-corrected chi connectivity index (χ1v) is 12.2. The number of amides is 1. The zero-order valence-electron chi connectivity index (χ0n) is 20.1. The Morgan fingerprint density at radius 1 is 1.00 bits per heavy atom. The molecule has 0 saturated carbocycles. The molecule has 3 aromatic rings. The predicted octanol–water partition coefficient (Wildman–Crippen LogP) is 7.81. The number of para-hydroxylation sites is 1. The van der Waals surface area contributed by atoms with Gasteiger partial charge < -0.3 is 14.8 Å². The van der Waals surface area contributed by atoms with Crippen molar-refractivity contribution in [2.24, 2.45) is 0 Å². The van der Waals surface area contributed by atoms with Crippen LogP contribution in [0.2, 0.25) is 0 Å². The molecule has 1 N–H and O–H groups in total. The summed E-state index contributed by atoms with van der Waals surface area (Å²) in [5.41, 5.74) is 4.21. The van der Waals surface area contributed by atoms with Crippen LogP contribution in [0.5, 0.6) is 5.75 Å². The molecule has 0 aliphatic carbocycles. The summed E-state index contributed by atoms with van der Waals surface area (Å²) in [5.74, 6) is -0.0209. The zero-order valence-corrected chi connectivity index (χ0v) is 21.7. The van der Waals surface area contributed by atoms with E-state index in [1.807, 2.05) is 69.3 Å². The first kappa shape index (κ1) is 25.8. The normalized spacial score (nSPS) is 11.2. The minimum Gasteiger partial charge on any atom is -0.486 e. The maximum atomic E-state index is 14.4. The standard InChI is InChI=1S/C28H31BrFNO3/c1-5-8-21-10-7-12-25(30)26(21)33-18-20-14-23(16-24(29)15-20)22-11-6-9-19(13-22)17-31-27(32)34-28(2,3)4/h6-7,9-16H,5,8,17-18H2,1-4H3,(H,31,32). The molecule has 1 amide bonds. The van der Waals surface area contributed by atoms with Crippen molar-refractivity contribution < 1.29 is 18.7 Å². The van der Waals surface area contributed by atoms with E-state index in [0.717, 1.165) is 45.1 Å². The molecule has 0 saturated heterocycles. The first-order chi connectivity index (χ1) is 16.1. The van der Waals surface area contributed by atoms with E-state index < -0.39 is 11.7 Å². The first-order valence-electron chi connectivity index (χ1n) is 11.4. The fourth-order valence-corrected chi connectivity index (χ4v) is 4.13. The lowest BCUT2D eigenvalue weighted by Gasteiger charge is -2.19. The fraction of sp³-hybridized carbons (Fsp3) is 0.321. The van der Waals surface area contributed by atoms with E-state index in [0.29, 0.717) is 12.3 Å². The smallest absolute Gasteiger partial charge is 0.407 e. The summed E-state index contributed by atoms with van der Waals surface area (Å²) in [5, 5.41) is 2.79. The van der Waals surface area contributed by atoms with Gasteiger partial charge in [-0.25, -0.2) is 9.18 Å². The molecule has 0 aliphatic heterocycles. The third-order valence-corrected chi connectivity index (χ3v) is 5.46. The summed E-state index contributed by atoms with van der Waals surface area (Å²) in [6.07, 6.45) is 1.23. The van der Waals surface area contributed by atoms with Gasteiger partial charge in [0, 0.05) is 11.0 Å². The van der Waals surface area contributed by atoms with Gasteiger partial charge in [0.25, 0.3) is 0 Å². The molecular formula is C28H31BrFNO3. The highest BCUT2D eigenvalue weighted by molar-refractivity contribution is 9.10. The highest BCUT2D eigenvalue weighted by Gasteiger charge is 2.16. The quantitative estimate of drug-likeness (QED) is 0.324. The third-order valence-electron chi connectivity index (χ3n) is 5.00. The second kappa shape index (κ2) is 11.5. The Morgan fingerprint density at radius 3 is 2.47 bits per heavy atom. The van der Waals surface area contributed by atoms with Crippen LogP contribution < -0.4 is 10.1 Å². The average Bonchev–Trinajstić information content (AvgIpc) is 2.76. The molecule has 0 fully saturated rings. The lowest BCUT2D eigenvalue weighted by molar-refractivity contribution is 0.0523. The Morgan fingerprint density at radius 2 is 1.74 bits per heavy atom. The SMILES string of the molecule is CCCc1cccc(F)c1OCc1cc(Br)cc(-c2cccc(CNC(=O)OC(C)(C)C)c2)c1. The van der Waals surface area contributed by atoms with Crippen LogP contribution in [-0.4, -0.2) is 11.7 Å². The van der Waals surface area contributed by atoms with Crippen LogP contribution in [0.4, 0.5) is 9.18 Å². The van der Waals surface area contributed by atoms with Crippen molar-refractivity contribution in [1.29, 1.82) is 0 Å². The number of halogens is 2. The van der Waals surface area contributed by atoms with Gasteiger partial charge in [0.1, 0.15) is 12.2 Å². The summed E-state index contributed by atoms with van der Waals surface area (Å²) < 4.78 is 26.5. The monoisotopic (exact) mass is 527 g/mol. The van der Waals surface area contributed by atoms with Crippen molar-refractivity contribution in [2.75, 3.05) is 0 Å². The number of benzene rings is 3. The zero-order chi connectivity index (χ0) is 24.7. The second-order valence-corrected chi connectivity index (χ2v) is 10.1. The van der Waals surface area contributed by atoms with Gasteiger partial charge >= 0.3 is 6.09 Å². The fourth-order valence-electron chi connectivity index (χ4n) is 3.59. The maximum Gasteiger partial charge on any atom is 0.407 e. The molecule has 0 bridgehead atoms. The van der Waals surface area contributed by atoms with E-state index in [1.54, 1.807) is 6.07 Å². The van der Waals surface area contributed by atoms with Crippen molar-refractivity contribution in [2.45, 2.75) is 59.3 Å². The summed E-state index contributed by atoms with van der Waals surface area (Å²) in [6.45, 7) is 8.17.